The van der Waals surface area contributed by atoms with E-state index in [9.17, 15) is 0 Å². The third-order valence-corrected chi connectivity index (χ3v) is 45.6. The summed E-state index contributed by atoms with van der Waals surface area (Å²) in [6.07, 6.45) is 0.985. The standard InChI is InChI=1S/C12H30O2Si3/c1-12(2)11-15(3,4)17(7,10-8-9-13)16(5,6)14-12/h13H,8-11H2,1-7H3. The first-order valence-corrected chi connectivity index (χ1v) is 17.6. The van der Waals surface area contributed by atoms with E-state index in [0.717, 1.165) is 6.42 Å². The predicted molar refractivity (Wildman–Crippen MR) is 83.1 cm³/mol. The summed E-state index contributed by atoms with van der Waals surface area (Å²) >= 11 is 0. The van der Waals surface area contributed by atoms with E-state index in [1.165, 1.54) is 12.1 Å². The van der Waals surface area contributed by atoms with Gasteiger partial charge in [-0.3, -0.25) is 0 Å². The lowest BCUT2D eigenvalue weighted by Crippen LogP contribution is -2.79. The van der Waals surface area contributed by atoms with Gasteiger partial charge in [-0.05, 0) is 39.4 Å². The first kappa shape index (κ1) is 15.6. The van der Waals surface area contributed by atoms with Crippen LogP contribution in [0, 0.1) is 0 Å². The van der Waals surface area contributed by atoms with Crippen LogP contribution >= 0.6 is 0 Å². The normalized spacial score (nSPS) is 34.6. The molecule has 0 spiro atoms. The van der Waals surface area contributed by atoms with Crippen molar-refractivity contribution >= 4 is 22.5 Å². The van der Waals surface area contributed by atoms with Crippen molar-refractivity contribution in [3.8, 4) is 0 Å². The second-order valence-corrected chi connectivity index (χ2v) is 33.9. The SMILES string of the molecule is CC1(C)C[Si](C)(C)[Si](C)(CCCO)[Si](C)(C)O1. The molecule has 2 nitrogen and oxygen atoms in total. The lowest BCUT2D eigenvalue weighted by molar-refractivity contribution is 0.122. The maximum Gasteiger partial charge on any atom is 0.172 e. The molecule has 0 bridgehead atoms. The minimum absolute atomic E-state index is 0.0944. The van der Waals surface area contributed by atoms with E-state index in [-0.39, 0.29) is 5.60 Å². The van der Waals surface area contributed by atoms with Crippen LogP contribution < -0.4 is 0 Å². The highest BCUT2D eigenvalue weighted by molar-refractivity contribution is 7.68. The Morgan fingerprint density at radius 1 is 1.12 bits per heavy atom. The van der Waals surface area contributed by atoms with E-state index in [2.05, 4.69) is 46.6 Å². The Hall–Kier alpha value is 0.571. The lowest BCUT2D eigenvalue weighted by atomic mass is 10.2. The van der Waals surface area contributed by atoms with Gasteiger partial charge in [-0.2, -0.15) is 0 Å². The zero-order chi connectivity index (χ0) is 13.5. The van der Waals surface area contributed by atoms with E-state index in [1.54, 1.807) is 0 Å². The summed E-state index contributed by atoms with van der Waals surface area (Å²) in [5.41, 5.74) is 0.0944. The van der Waals surface area contributed by atoms with E-state index >= 15 is 0 Å². The van der Waals surface area contributed by atoms with E-state index in [1.807, 2.05) is 0 Å². The van der Waals surface area contributed by atoms with Gasteiger partial charge in [0, 0.05) is 19.8 Å². The van der Waals surface area contributed by atoms with Crippen molar-refractivity contribution in [2.45, 2.75) is 70.7 Å². The molecule has 1 aliphatic rings. The second-order valence-electron chi connectivity index (χ2n) is 7.59. The van der Waals surface area contributed by atoms with Crippen LogP contribution in [0.3, 0.4) is 0 Å². The molecule has 0 saturated carbocycles. The fraction of sp³-hybridized carbons (Fsp3) is 1.00. The fourth-order valence-corrected chi connectivity index (χ4v) is 41.8. The quantitative estimate of drug-likeness (QED) is 0.808. The molecule has 1 rings (SSSR count). The van der Waals surface area contributed by atoms with Gasteiger partial charge < -0.3 is 9.53 Å². The average Bonchev–Trinajstić information content (AvgIpc) is 2.07. The van der Waals surface area contributed by atoms with Crippen molar-refractivity contribution in [1.82, 2.24) is 0 Å². The molecule has 0 aromatic carbocycles. The van der Waals surface area contributed by atoms with Crippen molar-refractivity contribution < 1.29 is 9.53 Å². The molecule has 1 unspecified atom stereocenters. The largest absolute Gasteiger partial charge is 0.416 e. The predicted octanol–water partition coefficient (Wildman–Crippen LogP) is 3.33. The van der Waals surface area contributed by atoms with E-state index in [0.29, 0.717) is 6.61 Å². The van der Waals surface area contributed by atoms with Crippen molar-refractivity contribution in [2.75, 3.05) is 6.61 Å². The van der Waals surface area contributed by atoms with Crippen LogP contribution in [-0.2, 0) is 4.43 Å². The number of aliphatic hydroxyl groups is 1. The van der Waals surface area contributed by atoms with Crippen LogP contribution in [0.25, 0.3) is 0 Å². The molecule has 1 atom stereocenters. The molecule has 0 aromatic rings. The summed E-state index contributed by atoms with van der Waals surface area (Å²) in [6.45, 7) is 17.5. The Morgan fingerprint density at radius 2 is 1.65 bits per heavy atom. The molecule has 17 heavy (non-hydrogen) atoms. The Kier molecular flexibility index (Phi) is 4.22. The topological polar surface area (TPSA) is 29.5 Å². The molecule has 1 saturated heterocycles. The number of aliphatic hydroxyl groups excluding tert-OH is 1. The number of hydrogen-bond donors (Lipinski definition) is 1. The first-order valence-electron chi connectivity index (χ1n) is 6.79. The van der Waals surface area contributed by atoms with Crippen LogP contribution in [-0.4, -0.2) is 39.8 Å². The summed E-state index contributed by atoms with van der Waals surface area (Å²) in [6, 6.07) is 2.57. The smallest absolute Gasteiger partial charge is 0.172 e. The molecule has 102 valence electrons. The monoisotopic (exact) mass is 290 g/mol. The average molecular weight is 291 g/mol. The molecule has 1 heterocycles. The summed E-state index contributed by atoms with van der Waals surface area (Å²) < 4.78 is 6.56. The molecule has 5 heteroatoms. The van der Waals surface area contributed by atoms with Crippen LogP contribution in [0.1, 0.15) is 20.3 Å². The van der Waals surface area contributed by atoms with Crippen molar-refractivity contribution in [2.24, 2.45) is 0 Å². The van der Waals surface area contributed by atoms with Crippen molar-refractivity contribution in [3.63, 3.8) is 0 Å². The van der Waals surface area contributed by atoms with Gasteiger partial charge in [0.25, 0.3) is 0 Å². The fourth-order valence-electron chi connectivity index (χ4n) is 3.99. The Balaban J connectivity index is 3.08. The maximum absolute atomic E-state index is 9.17. The van der Waals surface area contributed by atoms with Gasteiger partial charge >= 0.3 is 0 Å². The molecule has 0 radical (unpaired) electrons. The third-order valence-electron chi connectivity index (χ3n) is 5.06. The highest BCUT2D eigenvalue weighted by Gasteiger charge is 2.62. The Labute approximate surface area is 109 Å². The summed E-state index contributed by atoms with van der Waals surface area (Å²) in [7, 11) is -4.06. The Bertz CT molecular complexity index is 267. The molecule has 0 aliphatic carbocycles. The molecule has 0 amide bonds. The molecule has 1 aliphatic heterocycles. The molecule has 1 N–H and O–H groups in total. The van der Waals surface area contributed by atoms with E-state index < -0.39 is 22.5 Å². The van der Waals surface area contributed by atoms with Crippen LogP contribution in [0.5, 0.6) is 0 Å². The highest BCUT2D eigenvalue weighted by atomic mass is 29.6. The summed E-state index contributed by atoms with van der Waals surface area (Å²) in [4.78, 5) is 0. The van der Waals surface area contributed by atoms with Gasteiger partial charge in [0.1, 0.15) is 0 Å². The van der Waals surface area contributed by atoms with Crippen LogP contribution in [0.4, 0.5) is 0 Å². The minimum atomic E-state index is -1.56. The molecular formula is C12H30O2Si3. The van der Waals surface area contributed by atoms with Crippen molar-refractivity contribution in [3.05, 3.63) is 0 Å². The van der Waals surface area contributed by atoms with Gasteiger partial charge in [-0.1, -0.05) is 25.7 Å². The summed E-state index contributed by atoms with van der Waals surface area (Å²) in [5.74, 6) is 0. The van der Waals surface area contributed by atoms with Gasteiger partial charge in [0.05, 0.1) is 7.11 Å². The highest BCUT2D eigenvalue weighted by Crippen LogP contribution is 2.45. The maximum atomic E-state index is 9.17. The zero-order valence-corrected chi connectivity index (χ0v) is 15.7. The van der Waals surface area contributed by atoms with Gasteiger partial charge in [-0.25, -0.2) is 0 Å². The number of rotatable bonds is 3. The second kappa shape index (κ2) is 4.59. The Morgan fingerprint density at radius 3 is 2.06 bits per heavy atom. The van der Waals surface area contributed by atoms with E-state index in [4.69, 9.17) is 9.53 Å². The molecular weight excluding hydrogens is 260 g/mol. The summed E-state index contributed by atoms with van der Waals surface area (Å²) in [5, 5.41) is 9.17. The number of hydrogen-bond acceptors (Lipinski definition) is 2. The zero-order valence-electron chi connectivity index (χ0n) is 12.7. The third kappa shape index (κ3) is 2.78. The van der Waals surface area contributed by atoms with Gasteiger partial charge in [-0.15, -0.1) is 0 Å². The lowest BCUT2D eigenvalue weighted by Gasteiger charge is -2.59. The van der Waals surface area contributed by atoms with Gasteiger partial charge in [0.2, 0.25) is 0 Å². The van der Waals surface area contributed by atoms with Crippen LogP contribution in [0.2, 0.25) is 44.8 Å². The minimum Gasteiger partial charge on any atom is -0.416 e. The first-order chi connectivity index (χ1) is 7.47. The van der Waals surface area contributed by atoms with Crippen molar-refractivity contribution in [1.29, 1.82) is 0 Å². The molecule has 1 fully saturated rings. The van der Waals surface area contributed by atoms with Crippen LogP contribution in [0.15, 0.2) is 0 Å². The van der Waals surface area contributed by atoms with Gasteiger partial charge in [0.15, 0.2) is 7.83 Å². The molecule has 0 aromatic heterocycles.